The van der Waals surface area contributed by atoms with Crippen LogP contribution in [0.2, 0.25) is 0 Å². The predicted octanol–water partition coefficient (Wildman–Crippen LogP) is 14.6. The number of hydrogen-bond donors (Lipinski definition) is 0. The molecule has 7 aromatic rings. The number of nitrogens with zero attached hydrogens (tertiary/aromatic N) is 4. The van der Waals surface area contributed by atoms with Crippen molar-refractivity contribution in [3.8, 4) is 56.9 Å². The maximum atomic E-state index is 14.7. The topological polar surface area (TPSA) is 89.5 Å². The van der Waals surface area contributed by atoms with Crippen molar-refractivity contribution in [2.75, 3.05) is 0 Å². The Kier molecular flexibility index (Phi) is 13.0. The number of terminal acetylenes is 1. The molecule has 2 aliphatic heterocycles. The molecule has 9 rings (SSSR count). The Morgan fingerprint density at radius 2 is 0.912 bits per heavy atom. The van der Waals surface area contributed by atoms with Crippen LogP contribution in [-0.2, 0) is 33.1 Å². The van der Waals surface area contributed by atoms with Gasteiger partial charge in [-0.15, -0.1) is 28.5 Å². The van der Waals surface area contributed by atoms with Gasteiger partial charge in [-0.25, -0.2) is 9.97 Å². The minimum absolute atomic E-state index is 0. The maximum absolute atomic E-state index is 14.7. The zero-order valence-electron chi connectivity index (χ0n) is 40.9. The van der Waals surface area contributed by atoms with E-state index in [1.54, 1.807) is 0 Å². The molecule has 0 spiro atoms. The van der Waals surface area contributed by atoms with Gasteiger partial charge in [0, 0.05) is 5.56 Å². The van der Waals surface area contributed by atoms with Gasteiger partial charge >= 0.3 is 27.1 Å². The van der Waals surface area contributed by atoms with Crippen LogP contribution >= 0.6 is 7.60 Å². The van der Waals surface area contributed by atoms with E-state index in [0.29, 0.717) is 5.30 Å². The fourth-order valence-electron chi connectivity index (χ4n) is 9.27. The van der Waals surface area contributed by atoms with Crippen molar-refractivity contribution < 1.29 is 33.1 Å². The summed E-state index contributed by atoms with van der Waals surface area (Å²) in [4.78, 5) is 21.9. The van der Waals surface area contributed by atoms with Crippen LogP contribution in [-0.4, -0.2) is 21.2 Å². The quantitative estimate of drug-likeness (QED) is 0.0893. The molecule has 0 fully saturated rings. The molecule has 3 aromatic heterocycles. The van der Waals surface area contributed by atoms with Crippen LogP contribution in [0.3, 0.4) is 0 Å². The van der Waals surface area contributed by atoms with Gasteiger partial charge < -0.3 is 9.97 Å². The normalized spacial score (nSPS) is 12.6. The van der Waals surface area contributed by atoms with Crippen molar-refractivity contribution in [1.82, 2.24) is 19.9 Å². The van der Waals surface area contributed by atoms with E-state index in [1.165, 1.54) is 11.1 Å². The molecule has 0 radical (unpaired) electrons. The third kappa shape index (κ3) is 9.60. The van der Waals surface area contributed by atoms with E-state index >= 15 is 0 Å². The molecule has 68 heavy (non-hydrogen) atoms. The third-order valence-electron chi connectivity index (χ3n) is 11.8. The first-order valence-electron chi connectivity index (χ1n) is 22.7. The molecule has 336 valence electrons. The van der Waals surface area contributed by atoms with Gasteiger partial charge in [0.2, 0.25) is 0 Å². The predicted molar refractivity (Wildman–Crippen MR) is 279 cm³/mol. The van der Waals surface area contributed by atoms with Crippen molar-refractivity contribution in [2.24, 2.45) is 0 Å². The summed E-state index contributed by atoms with van der Waals surface area (Å²) in [6.45, 7) is 22.0. The Hall–Kier alpha value is -6.19. The second-order valence-electron chi connectivity index (χ2n) is 19.6. The van der Waals surface area contributed by atoms with Gasteiger partial charge in [-0.3, -0.25) is 13.6 Å². The number of benzene rings is 4. The molecule has 0 atom stereocenters. The minimum Gasteiger partial charge on any atom is -0.657 e. The zero-order chi connectivity index (χ0) is 47.6. The van der Waals surface area contributed by atoms with Crippen molar-refractivity contribution in [3.05, 3.63) is 159 Å². The number of aryl methyl sites for hydroxylation is 5. The van der Waals surface area contributed by atoms with Gasteiger partial charge in [0.05, 0.1) is 39.3 Å². The van der Waals surface area contributed by atoms with Crippen molar-refractivity contribution >= 4 is 59.3 Å². The van der Waals surface area contributed by atoms with E-state index in [9.17, 15) is 4.57 Å². The van der Waals surface area contributed by atoms with Crippen molar-refractivity contribution in [1.29, 1.82) is 0 Å². The van der Waals surface area contributed by atoms with Crippen LogP contribution < -0.4 is 15.3 Å². The van der Waals surface area contributed by atoms with Crippen LogP contribution in [0.25, 0.3) is 90.9 Å². The summed E-state index contributed by atoms with van der Waals surface area (Å²) < 4.78 is 27.2. The molecule has 7 nitrogen and oxygen atoms in total. The monoisotopic (exact) mass is 962 g/mol. The van der Waals surface area contributed by atoms with E-state index < -0.39 is 18.8 Å². The molecule has 0 aliphatic carbocycles. The van der Waals surface area contributed by atoms with Crippen LogP contribution in [0.15, 0.2) is 103 Å². The van der Waals surface area contributed by atoms with Crippen LogP contribution in [0, 0.1) is 47.0 Å². The summed E-state index contributed by atoms with van der Waals surface area (Å²) in [6.07, 6.45) is 14.1. The van der Waals surface area contributed by atoms with Gasteiger partial charge in [-0.2, -0.15) is 0 Å². The summed E-state index contributed by atoms with van der Waals surface area (Å²) >= 11 is 0. The molecular weight excluding hydrogens is 909 g/mol. The van der Waals surface area contributed by atoms with Gasteiger partial charge in [0.15, 0.2) is 0 Å². The van der Waals surface area contributed by atoms with Crippen LogP contribution in [0.4, 0.5) is 0 Å². The third-order valence-corrected chi connectivity index (χ3v) is 14.3. The Balaban J connectivity index is 0.00000625. The molecule has 5 heterocycles. The SMILES string of the molecule is C#Cc1ccc(-c2c3nc(c(-c4c(C)cc(C)cc4C)c4ccc([n-]4)c(-c4ccc(P(=O)(OC(C)(C)C)OC(C)(C)C)cc4)c4nc(c(-c5ccc(C)cc5C)c5ccc2[n-]5)C=C4)C=C3)cc1.[Zn+2]. The Labute approximate surface area is 413 Å². The summed E-state index contributed by atoms with van der Waals surface area (Å²) in [7, 11) is -3.77. The number of aromatic nitrogens is 4. The van der Waals surface area contributed by atoms with E-state index in [1.807, 2.05) is 90.1 Å². The second kappa shape index (κ2) is 18.4. The maximum Gasteiger partial charge on any atom is 2.00 e. The Morgan fingerprint density at radius 3 is 1.37 bits per heavy atom. The van der Waals surface area contributed by atoms with Crippen LogP contribution in [0.5, 0.6) is 0 Å². The molecule has 0 unspecified atom stereocenters. The fraction of sp³-hybridized carbons (Fsp3) is 0.220. The molecule has 8 bridgehead atoms. The van der Waals surface area contributed by atoms with Crippen LogP contribution in [0.1, 0.15) is 97.7 Å². The van der Waals surface area contributed by atoms with E-state index in [-0.39, 0.29) is 19.5 Å². The second-order valence-corrected chi connectivity index (χ2v) is 21.5. The first-order valence-corrected chi connectivity index (χ1v) is 24.2. The van der Waals surface area contributed by atoms with E-state index in [2.05, 4.69) is 119 Å². The average Bonchev–Trinajstić information content (AvgIpc) is 4.09. The molecule has 0 saturated heterocycles. The van der Waals surface area contributed by atoms with Gasteiger partial charge in [0.25, 0.3) is 0 Å². The summed E-state index contributed by atoms with van der Waals surface area (Å²) in [6, 6.07) is 34.9. The van der Waals surface area contributed by atoms with Crippen molar-refractivity contribution in [3.63, 3.8) is 0 Å². The standard InChI is InChI=1S/C59H55N4O3P.Zn/c1-13-40-15-17-41(18-16-40)54-45-24-28-49(60-45)56(44-23-14-35(2)32-37(44)4)50-29-25-46(61-50)55(42-19-21-43(22-20-42)67(64,65-58(7,8)9)66-59(10,11)12)48-27-31-52(63-48)57(51-30-26-47(54)62-51)53-38(5)33-36(3)34-39(53)6;/h1,14-34H,2-12H3;/q-2;+2. The molecule has 0 saturated carbocycles. The van der Waals surface area contributed by atoms with Gasteiger partial charge in [-0.05, 0) is 186 Å². The number of fused-ring (bicyclic) bond motifs is 8. The first kappa shape index (κ1) is 48.3. The molecular formula is C59H55N4O3PZn. The summed E-state index contributed by atoms with van der Waals surface area (Å²) in [5, 5.41) is 0.466. The molecule has 4 aromatic carbocycles. The molecule has 0 N–H and O–H groups in total. The Bertz CT molecular complexity index is 3420. The van der Waals surface area contributed by atoms with E-state index in [4.69, 9.17) is 35.4 Å². The number of hydrogen-bond acceptors (Lipinski definition) is 5. The Morgan fingerprint density at radius 1 is 0.500 bits per heavy atom. The summed E-state index contributed by atoms with van der Waals surface area (Å²) in [5.41, 5.74) is 18.7. The van der Waals surface area contributed by atoms with Gasteiger partial charge in [0.1, 0.15) is 0 Å². The zero-order valence-corrected chi connectivity index (χ0v) is 44.7. The molecule has 2 aliphatic rings. The fourth-order valence-corrected chi connectivity index (χ4v) is 11.5. The van der Waals surface area contributed by atoms with Crippen molar-refractivity contribution in [2.45, 2.75) is 87.4 Å². The van der Waals surface area contributed by atoms with E-state index in [0.717, 1.165) is 112 Å². The van der Waals surface area contributed by atoms with Gasteiger partial charge in [-0.1, -0.05) is 95.9 Å². The molecule has 9 heteroatoms. The average molecular weight is 964 g/mol. The largest absolute Gasteiger partial charge is 2.00 e. The summed E-state index contributed by atoms with van der Waals surface area (Å²) in [5.74, 6) is 2.76. The molecule has 0 amide bonds. The first-order chi connectivity index (χ1) is 31.8. The smallest absolute Gasteiger partial charge is 0.657 e. The number of rotatable bonds is 7. The minimum atomic E-state index is -3.77.